The van der Waals surface area contributed by atoms with E-state index in [1.807, 2.05) is 12.1 Å². The first-order valence-corrected chi connectivity index (χ1v) is 6.11. The predicted molar refractivity (Wildman–Crippen MR) is 65.1 cm³/mol. The summed E-state index contributed by atoms with van der Waals surface area (Å²) in [6, 6.07) is 4.07. The van der Waals surface area contributed by atoms with E-state index in [0.29, 0.717) is 0 Å². The number of thiophene rings is 1. The summed E-state index contributed by atoms with van der Waals surface area (Å²) >= 11 is 7.44. The zero-order valence-corrected chi connectivity index (χ0v) is 10.6. The average molecular weight is 249 g/mol. The summed E-state index contributed by atoms with van der Waals surface area (Å²) in [7, 11) is 1.72. The molecule has 0 amide bonds. The van der Waals surface area contributed by atoms with E-state index in [1.165, 1.54) is 4.88 Å². The number of nitrogens with two attached hydrogens (primary N) is 1. The van der Waals surface area contributed by atoms with Gasteiger partial charge in [-0.05, 0) is 31.9 Å². The summed E-state index contributed by atoms with van der Waals surface area (Å²) < 4.78 is 5.99. The fourth-order valence-corrected chi connectivity index (χ4v) is 2.50. The molecule has 0 spiro atoms. The third-order valence-corrected chi connectivity index (χ3v) is 3.75. The van der Waals surface area contributed by atoms with Crippen LogP contribution in [-0.4, -0.2) is 13.2 Å². The molecule has 0 saturated carbocycles. The van der Waals surface area contributed by atoms with Crippen molar-refractivity contribution in [2.24, 2.45) is 5.84 Å². The van der Waals surface area contributed by atoms with Crippen LogP contribution in [0.25, 0.3) is 0 Å². The fourth-order valence-electron chi connectivity index (χ4n) is 1.34. The van der Waals surface area contributed by atoms with Gasteiger partial charge in [0.1, 0.15) is 0 Å². The molecule has 3 nitrogen and oxygen atoms in total. The maximum Gasteiger partial charge on any atom is 0.0931 e. The van der Waals surface area contributed by atoms with Crippen molar-refractivity contribution in [1.82, 2.24) is 5.43 Å². The third kappa shape index (κ3) is 4.09. The van der Waals surface area contributed by atoms with Gasteiger partial charge in [0.25, 0.3) is 0 Å². The number of nitrogens with one attached hydrogen (secondary N) is 1. The van der Waals surface area contributed by atoms with E-state index in [2.05, 4.69) is 12.3 Å². The molecular formula is C10H17ClN2OS. The number of halogens is 1. The average Bonchev–Trinajstić information content (AvgIpc) is 2.65. The Kier molecular flexibility index (Phi) is 5.56. The van der Waals surface area contributed by atoms with Gasteiger partial charge in [0.05, 0.1) is 16.5 Å². The first-order chi connectivity index (χ1) is 7.17. The Hall–Kier alpha value is -0.130. The molecule has 0 aromatic carbocycles. The standard InChI is InChI=1S/C10H17ClN2OS/c1-7(14-2)3-4-8(13-12)9-5-6-10(11)15-9/h5-8,13H,3-4,12H2,1-2H3. The van der Waals surface area contributed by atoms with Gasteiger partial charge in [-0.3, -0.25) is 11.3 Å². The van der Waals surface area contributed by atoms with Crippen molar-refractivity contribution in [3.8, 4) is 0 Å². The van der Waals surface area contributed by atoms with Crippen LogP contribution < -0.4 is 11.3 Å². The highest BCUT2D eigenvalue weighted by molar-refractivity contribution is 7.16. The van der Waals surface area contributed by atoms with Crippen molar-refractivity contribution < 1.29 is 4.74 Å². The topological polar surface area (TPSA) is 47.3 Å². The molecule has 3 N–H and O–H groups in total. The van der Waals surface area contributed by atoms with E-state index in [0.717, 1.165) is 17.2 Å². The second-order valence-electron chi connectivity index (χ2n) is 3.48. The van der Waals surface area contributed by atoms with Crippen molar-refractivity contribution in [2.75, 3.05) is 7.11 Å². The summed E-state index contributed by atoms with van der Waals surface area (Å²) in [6.45, 7) is 2.05. The van der Waals surface area contributed by atoms with Crippen molar-refractivity contribution in [3.63, 3.8) is 0 Å². The first-order valence-electron chi connectivity index (χ1n) is 4.91. The molecule has 5 heteroatoms. The third-order valence-electron chi connectivity index (χ3n) is 2.40. The molecule has 1 heterocycles. The molecule has 2 atom stereocenters. The number of rotatable bonds is 6. The lowest BCUT2D eigenvalue weighted by Gasteiger charge is -2.16. The van der Waals surface area contributed by atoms with Gasteiger partial charge in [-0.1, -0.05) is 11.6 Å². The van der Waals surface area contributed by atoms with E-state index in [-0.39, 0.29) is 12.1 Å². The molecule has 2 unspecified atom stereocenters. The van der Waals surface area contributed by atoms with Gasteiger partial charge < -0.3 is 4.74 Å². The molecule has 0 fully saturated rings. The van der Waals surface area contributed by atoms with Crippen molar-refractivity contribution in [2.45, 2.75) is 31.9 Å². The van der Waals surface area contributed by atoms with Crippen molar-refractivity contribution in [1.29, 1.82) is 0 Å². The molecule has 0 aliphatic rings. The molecule has 15 heavy (non-hydrogen) atoms. The van der Waals surface area contributed by atoms with E-state index in [4.69, 9.17) is 22.2 Å². The Morgan fingerprint density at radius 2 is 2.27 bits per heavy atom. The summed E-state index contributed by atoms with van der Waals surface area (Å²) in [6.07, 6.45) is 2.18. The Bertz CT molecular complexity index is 293. The molecule has 1 aromatic rings. The second-order valence-corrected chi connectivity index (χ2v) is 5.23. The molecule has 86 valence electrons. The van der Waals surface area contributed by atoms with Crippen LogP contribution in [-0.2, 0) is 4.74 Å². The lowest BCUT2D eigenvalue weighted by Crippen LogP contribution is -2.28. The monoisotopic (exact) mass is 248 g/mol. The Balaban J connectivity index is 2.49. The van der Waals surface area contributed by atoms with Gasteiger partial charge in [0, 0.05) is 12.0 Å². The van der Waals surface area contributed by atoms with E-state index >= 15 is 0 Å². The van der Waals surface area contributed by atoms with Gasteiger partial charge in [-0.15, -0.1) is 11.3 Å². The van der Waals surface area contributed by atoms with Gasteiger partial charge >= 0.3 is 0 Å². The summed E-state index contributed by atoms with van der Waals surface area (Å²) in [5.41, 5.74) is 2.81. The summed E-state index contributed by atoms with van der Waals surface area (Å²) in [4.78, 5) is 1.17. The van der Waals surface area contributed by atoms with Crippen LogP contribution >= 0.6 is 22.9 Å². The molecule has 0 saturated heterocycles. The normalized spacial score (nSPS) is 15.2. The summed E-state index contributed by atoms with van der Waals surface area (Å²) in [5, 5.41) is 0. The smallest absolute Gasteiger partial charge is 0.0931 e. The zero-order valence-electron chi connectivity index (χ0n) is 9.00. The Morgan fingerprint density at radius 1 is 1.53 bits per heavy atom. The number of hydrazine groups is 1. The SMILES string of the molecule is COC(C)CCC(NN)c1ccc(Cl)s1. The minimum atomic E-state index is 0.167. The second kappa shape index (κ2) is 6.45. The number of ether oxygens (including phenoxy) is 1. The molecule has 1 rings (SSSR count). The molecular weight excluding hydrogens is 232 g/mol. The van der Waals surface area contributed by atoms with E-state index in [9.17, 15) is 0 Å². The number of hydrogen-bond acceptors (Lipinski definition) is 4. The lowest BCUT2D eigenvalue weighted by atomic mass is 10.1. The molecule has 0 aliphatic heterocycles. The lowest BCUT2D eigenvalue weighted by molar-refractivity contribution is 0.106. The van der Waals surface area contributed by atoms with Gasteiger partial charge in [0.15, 0.2) is 0 Å². The minimum absolute atomic E-state index is 0.167. The molecule has 0 radical (unpaired) electrons. The number of hydrogen-bond donors (Lipinski definition) is 2. The minimum Gasteiger partial charge on any atom is -0.382 e. The molecule has 0 bridgehead atoms. The highest BCUT2D eigenvalue weighted by Gasteiger charge is 2.13. The fraction of sp³-hybridized carbons (Fsp3) is 0.600. The van der Waals surface area contributed by atoms with Crippen LogP contribution in [0.3, 0.4) is 0 Å². The summed E-state index contributed by atoms with van der Waals surface area (Å²) in [5.74, 6) is 5.51. The molecule has 1 aromatic heterocycles. The Morgan fingerprint density at radius 3 is 2.73 bits per heavy atom. The van der Waals surface area contributed by atoms with Crippen LogP contribution in [0.15, 0.2) is 12.1 Å². The highest BCUT2D eigenvalue weighted by atomic mass is 35.5. The van der Waals surface area contributed by atoms with Crippen LogP contribution in [0.2, 0.25) is 4.34 Å². The molecule has 0 aliphatic carbocycles. The van der Waals surface area contributed by atoms with Crippen LogP contribution in [0.5, 0.6) is 0 Å². The maximum absolute atomic E-state index is 5.88. The largest absolute Gasteiger partial charge is 0.382 e. The van der Waals surface area contributed by atoms with E-state index < -0.39 is 0 Å². The van der Waals surface area contributed by atoms with Gasteiger partial charge in [-0.2, -0.15) is 0 Å². The zero-order chi connectivity index (χ0) is 11.3. The predicted octanol–water partition coefficient (Wildman–Crippen LogP) is 2.72. The highest BCUT2D eigenvalue weighted by Crippen LogP contribution is 2.29. The maximum atomic E-state index is 5.88. The van der Waals surface area contributed by atoms with Crippen LogP contribution in [0, 0.1) is 0 Å². The quantitative estimate of drug-likeness (QED) is 0.601. The van der Waals surface area contributed by atoms with Crippen LogP contribution in [0.4, 0.5) is 0 Å². The Labute approximate surface area is 99.5 Å². The van der Waals surface area contributed by atoms with Crippen molar-refractivity contribution >= 4 is 22.9 Å². The van der Waals surface area contributed by atoms with Gasteiger partial charge in [0.2, 0.25) is 0 Å². The first kappa shape index (κ1) is 12.9. The van der Waals surface area contributed by atoms with Gasteiger partial charge in [-0.25, -0.2) is 0 Å². The number of methoxy groups -OCH3 is 1. The van der Waals surface area contributed by atoms with Crippen LogP contribution in [0.1, 0.15) is 30.7 Å². The van der Waals surface area contributed by atoms with Crippen molar-refractivity contribution in [3.05, 3.63) is 21.3 Å². The van der Waals surface area contributed by atoms with E-state index in [1.54, 1.807) is 18.4 Å².